The van der Waals surface area contributed by atoms with Gasteiger partial charge < -0.3 is 4.90 Å². The number of rotatable bonds is 7. The molecule has 0 N–H and O–H groups in total. The highest BCUT2D eigenvalue weighted by molar-refractivity contribution is 6.01. The Morgan fingerprint density at radius 2 is 2.04 bits per heavy atom. The number of nitrogens with zero attached hydrogens (tertiary/aromatic N) is 3. The lowest BCUT2D eigenvalue weighted by Crippen LogP contribution is -2.46. The van der Waals surface area contributed by atoms with Gasteiger partial charge in [0.2, 0.25) is 0 Å². The topological polar surface area (TPSA) is 18.8 Å². The van der Waals surface area contributed by atoms with E-state index in [1.807, 2.05) is 0 Å². The zero-order chi connectivity index (χ0) is 18.2. The van der Waals surface area contributed by atoms with Crippen molar-refractivity contribution in [2.45, 2.75) is 59.4 Å². The van der Waals surface area contributed by atoms with Crippen molar-refractivity contribution in [3.8, 4) is 0 Å². The molecule has 0 saturated carbocycles. The number of allylic oxidation sites excluding steroid dienone is 3. The molecule has 0 amide bonds. The Balaban J connectivity index is 2.12. The first kappa shape index (κ1) is 20.1. The minimum Gasteiger partial charge on any atom is -0.306 e. The summed E-state index contributed by atoms with van der Waals surface area (Å²) < 4.78 is 0. The highest BCUT2D eigenvalue weighted by Gasteiger charge is 2.25. The summed E-state index contributed by atoms with van der Waals surface area (Å²) in [4.78, 5) is 9.97. The van der Waals surface area contributed by atoms with Gasteiger partial charge in [-0.2, -0.15) is 0 Å². The molecule has 140 valence electrons. The average molecular weight is 344 g/mol. The Morgan fingerprint density at radius 1 is 1.32 bits per heavy atom. The molecule has 0 aromatic carbocycles. The Bertz CT molecular complexity index is 546. The summed E-state index contributed by atoms with van der Waals surface area (Å²) in [6, 6.07) is 0.673. The van der Waals surface area contributed by atoms with Crippen LogP contribution >= 0.6 is 0 Å². The van der Waals surface area contributed by atoms with E-state index in [9.17, 15) is 0 Å². The number of aliphatic imine (C=N–C) groups is 1. The smallest absolute Gasteiger partial charge is 0.0514 e. The van der Waals surface area contributed by atoms with Crippen molar-refractivity contribution >= 4 is 5.71 Å². The molecule has 25 heavy (non-hydrogen) atoms. The Morgan fingerprint density at radius 3 is 2.68 bits per heavy atom. The Kier molecular flexibility index (Phi) is 8.11. The third-order valence-electron chi connectivity index (χ3n) is 5.61. The zero-order valence-electron chi connectivity index (χ0n) is 17.0. The maximum Gasteiger partial charge on any atom is 0.0514 e. The predicted molar refractivity (Wildman–Crippen MR) is 111 cm³/mol. The van der Waals surface area contributed by atoms with Gasteiger partial charge in [0, 0.05) is 25.7 Å². The second-order valence-electron chi connectivity index (χ2n) is 7.72. The van der Waals surface area contributed by atoms with E-state index in [-0.39, 0.29) is 0 Å². The van der Waals surface area contributed by atoms with Crippen molar-refractivity contribution in [2.75, 3.05) is 39.8 Å². The number of likely N-dealkylation sites (tertiary alicyclic amines) is 1. The summed E-state index contributed by atoms with van der Waals surface area (Å²) in [7, 11) is 2.24. The quantitative estimate of drug-likeness (QED) is 0.635. The number of hydrogen-bond acceptors (Lipinski definition) is 3. The van der Waals surface area contributed by atoms with Gasteiger partial charge in [-0.3, -0.25) is 9.89 Å². The molecule has 2 aliphatic heterocycles. The lowest BCUT2D eigenvalue weighted by atomic mass is 9.99. The monoisotopic (exact) mass is 343 g/mol. The van der Waals surface area contributed by atoms with Crippen LogP contribution in [0.1, 0.15) is 53.4 Å². The fraction of sp³-hybridized carbons (Fsp3) is 0.682. The molecule has 3 nitrogen and oxygen atoms in total. The Labute approximate surface area is 155 Å². The highest BCUT2D eigenvalue weighted by atomic mass is 15.2. The van der Waals surface area contributed by atoms with Crippen LogP contribution in [-0.4, -0.2) is 61.3 Å². The van der Waals surface area contributed by atoms with E-state index >= 15 is 0 Å². The van der Waals surface area contributed by atoms with Crippen molar-refractivity contribution in [1.29, 1.82) is 0 Å². The molecule has 0 unspecified atom stereocenters. The molecule has 2 aliphatic rings. The molecule has 2 rings (SSSR count). The fourth-order valence-electron chi connectivity index (χ4n) is 3.63. The van der Waals surface area contributed by atoms with Gasteiger partial charge >= 0.3 is 0 Å². The van der Waals surface area contributed by atoms with E-state index in [4.69, 9.17) is 4.99 Å². The normalized spacial score (nSPS) is 21.5. The van der Waals surface area contributed by atoms with Gasteiger partial charge in [0.1, 0.15) is 0 Å². The maximum atomic E-state index is 4.83. The van der Waals surface area contributed by atoms with Crippen molar-refractivity contribution in [2.24, 2.45) is 4.99 Å². The van der Waals surface area contributed by atoms with Crippen LogP contribution in [0.15, 0.2) is 39.9 Å². The molecule has 0 atom stereocenters. The number of hydrogen-bond donors (Lipinski definition) is 0. The third-order valence-corrected chi connectivity index (χ3v) is 5.61. The minimum absolute atomic E-state index is 0.673. The molecule has 0 aromatic heterocycles. The molecule has 0 aliphatic carbocycles. The van der Waals surface area contributed by atoms with Crippen LogP contribution in [0.2, 0.25) is 0 Å². The zero-order valence-corrected chi connectivity index (χ0v) is 17.0. The van der Waals surface area contributed by atoms with Crippen LogP contribution in [0.25, 0.3) is 0 Å². The van der Waals surface area contributed by atoms with Gasteiger partial charge in [-0.1, -0.05) is 36.3 Å². The first-order chi connectivity index (χ1) is 12.0. The standard InChI is InChI=1S/C22H37N3/c1-6-7-9-18(2)20(4)16-25(21-11-14-24(5)15-12-21)17-22-19(3)10-8-13-23-22/h7,9-10,21H,6,8,11-17H2,1-5H3/b9-7-,20-18+. The van der Waals surface area contributed by atoms with E-state index in [2.05, 4.69) is 62.8 Å². The lowest BCUT2D eigenvalue weighted by molar-refractivity contribution is 0.143. The Hall–Kier alpha value is -1.19. The molecular formula is C22H37N3. The second-order valence-corrected chi connectivity index (χ2v) is 7.72. The molecule has 0 bridgehead atoms. The van der Waals surface area contributed by atoms with Crippen molar-refractivity contribution in [3.05, 3.63) is 34.9 Å². The average Bonchev–Trinajstić information content (AvgIpc) is 2.61. The summed E-state index contributed by atoms with van der Waals surface area (Å²) >= 11 is 0. The SMILES string of the molecule is CC/C=C\C(C)=C(/C)CN(CC1=NCCC=C1C)C1CCN(C)CC1. The van der Waals surface area contributed by atoms with Crippen LogP contribution in [0, 0.1) is 0 Å². The lowest BCUT2D eigenvalue weighted by Gasteiger charge is -2.38. The molecule has 2 heterocycles. The number of dihydropyridines is 1. The van der Waals surface area contributed by atoms with E-state index in [1.54, 1.807) is 0 Å². The maximum absolute atomic E-state index is 4.83. The van der Waals surface area contributed by atoms with Crippen LogP contribution in [0.3, 0.4) is 0 Å². The summed E-state index contributed by atoms with van der Waals surface area (Å²) in [5.74, 6) is 0. The van der Waals surface area contributed by atoms with E-state index < -0.39 is 0 Å². The van der Waals surface area contributed by atoms with Crippen molar-refractivity contribution < 1.29 is 0 Å². The summed E-state index contributed by atoms with van der Waals surface area (Å²) in [6.07, 6.45) is 11.6. The summed E-state index contributed by atoms with van der Waals surface area (Å²) in [5.41, 5.74) is 5.59. The first-order valence-corrected chi connectivity index (χ1v) is 9.97. The third kappa shape index (κ3) is 6.23. The van der Waals surface area contributed by atoms with Crippen LogP contribution in [0.5, 0.6) is 0 Å². The van der Waals surface area contributed by atoms with E-state index in [0.717, 1.165) is 32.5 Å². The van der Waals surface area contributed by atoms with Crippen molar-refractivity contribution in [1.82, 2.24) is 9.80 Å². The van der Waals surface area contributed by atoms with Crippen LogP contribution in [-0.2, 0) is 0 Å². The highest BCUT2D eigenvalue weighted by Crippen LogP contribution is 2.20. The fourth-order valence-corrected chi connectivity index (χ4v) is 3.63. The molecular weight excluding hydrogens is 306 g/mol. The van der Waals surface area contributed by atoms with Gasteiger partial charge in [0.05, 0.1) is 5.71 Å². The van der Waals surface area contributed by atoms with E-state index in [1.165, 1.54) is 48.4 Å². The largest absolute Gasteiger partial charge is 0.306 e. The van der Waals surface area contributed by atoms with Gasteiger partial charge in [-0.25, -0.2) is 0 Å². The van der Waals surface area contributed by atoms with E-state index in [0.29, 0.717) is 6.04 Å². The van der Waals surface area contributed by atoms with Gasteiger partial charge in [0.15, 0.2) is 0 Å². The summed E-state index contributed by atoms with van der Waals surface area (Å²) in [6.45, 7) is 14.4. The predicted octanol–water partition coefficient (Wildman–Crippen LogP) is 4.48. The molecule has 0 aromatic rings. The van der Waals surface area contributed by atoms with Gasteiger partial charge in [-0.05, 0) is 72.2 Å². The van der Waals surface area contributed by atoms with Gasteiger partial charge in [0.25, 0.3) is 0 Å². The molecule has 1 saturated heterocycles. The van der Waals surface area contributed by atoms with Gasteiger partial charge in [-0.15, -0.1) is 0 Å². The molecule has 0 spiro atoms. The number of piperidine rings is 1. The molecule has 3 heteroatoms. The van der Waals surface area contributed by atoms with Crippen LogP contribution < -0.4 is 0 Å². The molecule has 1 fully saturated rings. The summed E-state index contributed by atoms with van der Waals surface area (Å²) in [5, 5.41) is 0. The first-order valence-electron chi connectivity index (χ1n) is 9.97. The van der Waals surface area contributed by atoms with Crippen LogP contribution in [0.4, 0.5) is 0 Å². The second kappa shape index (κ2) is 10.1. The minimum atomic E-state index is 0.673. The van der Waals surface area contributed by atoms with Crippen molar-refractivity contribution in [3.63, 3.8) is 0 Å². The molecule has 0 radical (unpaired) electrons.